The number of hydrogen-bond acceptors (Lipinski definition) is 3. The lowest BCUT2D eigenvalue weighted by atomic mass is 10.2. The fourth-order valence-electron chi connectivity index (χ4n) is 2.73. The van der Waals surface area contributed by atoms with Crippen LogP contribution < -0.4 is 10.6 Å². The molecule has 3 aromatic rings. The summed E-state index contributed by atoms with van der Waals surface area (Å²) >= 11 is 0. The van der Waals surface area contributed by atoms with E-state index in [0.717, 1.165) is 22.4 Å². The molecule has 25 heavy (non-hydrogen) atoms. The standard InChI is InChI=1S/C19H20N4O2/c1-12(20-13(2)24)19(25)21-15-10-8-14(9-11-15)18-22-16-6-4-5-7-17(16)23(18)3/h4-12H,1-3H3,(H,20,24)(H,21,25)/t12-/m1/s1. The van der Waals surface area contributed by atoms with Crippen molar-refractivity contribution in [3.8, 4) is 11.4 Å². The van der Waals surface area contributed by atoms with E-state index in [-0.39, 0.29) is 11.8 Å². The smallest absolute Gasteiger partial charge is 0.246 e. The highest BCUT2D eigenvalue weighted by Crippen LogP contribution is 2.24. The van der Waals surface area contributed by atoms with Gasteiger partial charge in [0.25, 0.3) is 0 Å². The third-order valence-corrected chi connectivity index (χ3v) is 4.01. The van der Waals surface area contributed by atoms with Crippen LogP contribution in [0.5, 0.6) is 0 Å². The first-order valence-electron chi connectivity index (χ1n) is 8.05. The first kappa shape index (κ1) is 16.7. The lowest BCUT2D eigenvalue weighted by molar-refractivity contribution is -0.124. The van der Waals surface area contributed by atoms with Crippen LogP contribution in [-0.2, 0) is 16.6 Å². The maximum atomic E-state index is 12.0. The van der Waals surface area contributed by atoms with Gasteiger partial charge in [-0.15, -0.1) is 0 Å². The first-order chi connectivity index (χ1) is 12.0. The largest absolute Gasteiger partial charge is 0.345 e. The van der Waals surface area contributed by atoms with Crippen LogP contribution in [0.15, 0.2) is 48.5 Å². The molecule has 6 nitrogen and oxygen atoms in total. The van der Waals surface area contributed by atoms with Gasteiger partial charge in [-0.25, -0.2) is 4.98 Å². The molecule has 0 saturated carbocycles. The van der Waals surface area contributed by atoms with Gasteiger partial charge < -0.3 is 15.2 Å². The molecule has 2 aromatic carbocycles. The summed E-state index contributed by atoms with van der Waals surface area (Å²) in [4.78, 5) is 27.7. The summed E-state index contributed by atoms with van der Waals surface area (Å²) in [6.07, 6.45) is 0. The highest BCUT2D eigenvalue weighted by Gasteiger charge is 2.14. The zero-order valence-electron chi connectivity index (χ0n) is 14.4. The predicted molar refractivity (Wildman–Crippen MR) is 98.1 cm³/mol. The van der Waals surface area contributed by atoms with E-state index >= 15 is 0 Å². The highest BCUT2D eigenvalue weighted by atomic mass is 16.2. The van der Waals surface area contributed by atoms with Crippen molar-refractivity contribution in [1.29, 1.82) is 0 Å². The normalized spacial score (nSPS) is 12.0. The molecule has 0 unspecified atom stereocenters. The fraction of sp³-hybridized carbons (Fsp3) is 0.211. The molecule has 0 aliphatic heterocycles. The molecule has 1 atom stereocenters. The number of para-hydroxylation sites is 2. The number of carbonyl (C=O) groups is 2. The van der Waals surface area contributed by atoms with Crippen LogP contribution in [0.3, 0.4) is 0 Å². The van der Waals surface area contributed by atoms with Crippen molar-refractivity contribution in [2.75, 3.05) is 5.32 Å². The number of nitrogens with zero attached hydrogens (tertiary/aromatic N) is 2. The number of aromatic nitrogens is 2. The molecule has 0 radical (unpaired) electrons. The SMILES string of the molecule is CC(=O)N[C@H](C)C(=O)Nc1ccc(-c2nc3ccccc3n2C)cc1. The van der Waals surface area contributed by atoms with Gasteiger partial charge in [-0.1, -0.05) is 12.1 Å². The quantitative estimate of drug-likeness (QED) is 0.769. The van der Waals surface area contributed by atoms with Gasteiger partial charge in [0.2, 0.25) is 11.8 Å². The molecular weight excluding hydrogens is 316 g/mol. The molecule has 2 N–H and O–H groups in total. The summed E-state index contributed by atoms with van der Waals surface area (Å²) in [7, 11) is 1.98. The summed E-state index contributed by atoms with van der Waals surface area (Å²) in [5.41, 5.74) is 3.65. The number of amides is 2. The van der Waals surface area contributed by atoms with Crippen molar-refractivity contribution >= 4 is 28.5 Å². The summed E-state index contributed by atoms with van der Waals surface area (Å²) in [6.45, 7) is 3.03. The second-order valence-corrected chi connectivity index (χ2v) is 5.97. The van der Waals surface area contributed by atoms with Gasteiger partial charge in [-0.3, -0.25) is 9.59 Å². The minimum atomic E-state index is -0.586. The van der Waals surface area contributed by atoms with E-state index in [1.54, 1.807) is 6.92 Å². The third kappa shape index (κ3) is 3.52. The van der Waals surface area contributed by atoms with Gasteiger partial charge in [0.15, 0.2) is 0 Å². The van der Waals surface area contributed by atoms with Gasteiger partial charge in [0.05, 0.1) is 11.0 Å². The predicted octanol–water partition coefficient (Wildman–Crippen LogP) is 2.70. The fourth-order valence-corrected chi connectivity index (χ4v) is 2.73. The van der Waals surface area contributed by atoms with Crippen molar-refractivity contribution < 1.29 is 9.59 Å². The summed E-state index contributed by atoms with van der Waals surface area (Å²) < 4.78 is 2.04. The molecule has 0 spiro atoms. The van der Waals surface area contributed by atoms with Gasteiger partial charge in [0, 0.05) is 25.2 Å². The van der Waals surface area contributed by atoms with Crippen LogP contribution in [-0.4, -0.2) is 27.4 Å². The molecule has 6 heteroatoms. The maximum Gasteiger partial charge on any atom is 0.246 e. The summed E-state index contributed by atoms with van der Waals surface area (Å²) in [6, 6.07) is 14.9. The Morgan fingerprint density at radius 2 is 1.76 bits per heavy atom. The van der Waals surface area contributed by atoms with Crippen LogP contribution in [0.4, 0.5) is 5.69 Å². The van der Waals surface area contributed by atoms with E-state index in [9.17, 15) is 9.59 Å². The Labute approximate surface area is 145 Å². The molecule has 0 saturated heterocycles. The molecular formula is C19H20N4O2. The number of hydrogen-bond donors (Lipinski definition) is 2. The van der Waals surface area contributed by atoms with Gasteiger partial charge in [-0.2, -0.15) is 0 Å². The topological polar surface area (TPSA) is 76.0 Å². The Hall–Kier alpha value is -3.15. The maximum absolute atomic E-state index is 12.0. The van der Waals surface area contributed by atoms with Crippen LogP contribution in [0.1, 0.15) is 13.8 Å². The lowest BCUT2D eigenvalue weighted by Crippen LogP contribution is -2.40. The molecule has 128 valence electrons. The van der Waals surface area contributed by atoms with Crippen molar-refractivity contribution in [1.82, 2.24) is 14.9 Å². The zero-order chi connectivity index (χ0) is 18.0. The van der Waals surface area contributed by atoms with Crippen molar-refractivity contribution in [2.45, 2.75) is 19.9 Å². The van der Waals surface area contributed by atoms with E-state index in [1.807, 2.05) is 60.1 Å². The van der Waals surface area contributed by atoms with Gasteiger partial charge >= 0.3 is 0 Å². The second kappa shape index (κ2) is 6.76. The first-order valence-corrected chi connectivity index (χ1v) is 8.05. The van der Waals surface area contributed by atoms with E-state index < -0.39 is 6.04 Å². The van der Waals surface area contributed by atoms with Gasteiger partial charge in [0.1, 0.15) is 11.9 Å². The number of rotatable bonds is 4. The number of fused-ring (bicyclic) bond motifs is 1. The Kier molecular flexibility index (Phi) is 4.52. The Morgan fingerprint density at radius 3 is 2.40 bits per heavy atom. The number of imidazole rings is 1. The molecule has 0 aliphatic carbocycles. The molecule has 0 fully saturated rings. The number of anilines is 1. The van der Waals surface area contributed by atoms with E-state index in [4.69, 9.17) is 0 Å². The van der Waals surface area contributed by atoms with Crippen molar-refractivity contribution in [2.24, 2.45) is 7.05 Å². The zero-order valence-corrected chi connectivity index (χ0v) is 14.4. The highest BCUT2D eigenvalue weighted by molar-refractivity contribution is 5.96. The average Bonchev–Trinajstić information content (AvgIpc) is 2.92. The second-order valence-electron chi connectivity index (χ2n) is 5.97. The van der Waals surface area contributed by atoms with Crippen molar-refractivity contribution in [3.05, 3.63) is 48.5 Å². The average molecular weight is 336 g/mol. The Bertz CT molecular complexity index is 928. The Balaban J connectivity index is 1.79. The van der Waals surface area contributed by atoms with Crippen molar-refractivity contribution in [3.63, 3.8) is 0 Å². The summed E-state index contributed by atoms with van der Waals surface area (Å²) in [5.74, 6) is 0.371. The Morgan fingerprint density at radius 1 is 1.08 bits per heavy atom. The number of aryl methyl sites for hydroxylation is 1. The van der Waals surface area contributed by atoms with Crippen LogP contribution >= 0.6 is 0 Å². The molecule has 3 rings (SSSR count). The minimum Gasteiger partial charge on any atom is -0.345 e. The van der Waals surface area contributed by atoms with Crippen LogP contribution in [0, 0.1) is 0 Å². The van der Waals surface area contributed by atoms with Crippen LogP contribution in [0.25, 0.3) is 22.4 Å². The molecule has 0 aliphatic rings. The summed E-state index contributed by atoms with van der Waals surface area (Å²) in [5, 5.41) is 5.34. The molecule has 1 aromatic heterocycles. The number of nitrogens with one attached hydrogen (secondary N) is 2. The third-order valence-electron chi connectivity index (χ3n) is 4.01. The van der Waals surface area contributed by atoms with Gasteiger partial charge in [-0.05, 0) is 43.3 Å². The number of benzene rings is 2. The van der Waals surface area contributed by atoms with E-state index in [0.29, 0.717) is 5.69 Å². The lowest BCUT2D eigenvalue weighted by Gasteiger charge is -2.13. The van der Waals surface area contributed by atoms with E-state index in [1.165, 1.54) is 6.92 Å². The monoisotopic (exact) mass is 336 g/mol. The minimum absolute atomic E-state index is 0.236. The van der Waals surface area contributed by atoms with Crippen LogP contribution in [0.2, 0.25) is 0 Å². The molecule has 2 amide bonds. The molecule has 0 bridgehead atoms. The molecule has 1 heterocycles. The number of carbonyl (C=O) groups excluding carboxylic acids is 2. The van der Waals surface area contributed by atoms with E-state index in [2.05, 4.69) is 15.6 Å².